The van der Waals surface area contributed by atoms with Crippen LogP contribution in [0, 0.1) is 0 Å². The molecule has 2 heterocycles. The normalized spacial score (nSPS) is 18.6. The molecule has 2 aliphatic rings. The number of amides is 4. The maximum Gasteiger partial charge on any atom is 0.407 e. The van der Waals surface area contributed by atoms with Crippen molar-refractivity contribution in [1.29, 1.82) is 0 Å². The van der Waals surface area contributed by atoms with E-state index in [1.165, 1.54) is 9.80 Å². The first-order chi connectivity index (χ1) is 11.5. The number of carboxylic acid groups (broad SMARTS) is 1. The van der Waals surface area contributed by atoms with E-state index >= 15 is 0 Å². The summed E-state index contributed by atoms with van der Waals surface area (Å²) in [6.45, 7) is 2.33. The van der Waals surface area contributed by atoms with Crippen LogP contribution < -0.4 is 15.1 Å². The van der Waals surface area contributed by atoms with Crippen LogP contribution in [0.25, 0.3) is 0 Å². The second kappa shape index (κ2) is 6.56. The lowest BCUT2D eigenvalue weighted by molar-refractivity contribution is -0.120. The highest BCUT2D eigenvalue weighted by Crippen LogP contribution is 2.31. The number of hydrogen-bond donors (Lipinski definition) is 2. The molecule has 8 nitrogen and oxygen atoms in total. The molecule has 1 aromatic rings. The third-order valence-corrected chi connectivity index (χ3v) is 4.49. The van der Waals surface area contributed by atoms with Gasteiger partial charge in [0.05, 0.1) is 10.7 Å². The average molecular weight is 353 g/mol. The van der Waals surface area contributed by atoms with Crippen LogP contribution in [0.15, 0.2) is 18.2 Å². The summed E-state index contributed by atoms with van der Waals surface area (Å²) in [5.74, 6) is -0.291. The zero-order chi connectivity index (χ0) is 17.3. The zero-order valence-electron chi connectivity index (χ0n) is 12.9. The van der Waals surface area contributed by atoms with Crippen LogP contribution in [-0.2, 0) is 4.79 Å². The van der Waals surface area contributed by atoms with Gasteiger partial charge in [0.25, 0.3) is 0 Å². The van der Waals surface area contributed by atoms with E-state index < -0.39 is 12.1 Å². The number of nitrogens with one attached hydrogen (secondary N) is 1. The van der Waals surface area contributed by atoms with Crippen molar-refractivity contribution in [3.63, 3.8) is 0 Å². The van der Waals surface area contributed by atoms with Gasteiger partial charge in [0, 0.05) is 44.8 Å². The summed E-state index contributed by atoms with van der Waals surface area (Å²) in [7, 11) is 0. The Balaban J connectivity index is 1.72. The third kappa shape index (κ3) is 3.23. The van der Waals surface area contributed by atoms with Gasteiger partial charge in [-0.3, -0.25) is 15.0 Å². The highest BCUT2D eigenvalue weighted by molar-refractivity contribution is 6.34. The smallest absolute Gasteiger partial charge is 0.407 e. The van der Waals surface area contributed by atoms with Crippen molar-refractivity contribution in [3.05, 3.63) is 23.2 Å². The Kier molecular flexibility index (Phi) is 4.48. The lowest BCUT2D eigenvalue weighted by atomic mass is 10.2. The molecule has 0 spiro atoms. The van der Waals surface area contributed by atoms with Gasteiger partial charge in [-0.1, -0.05) is 11.6 Å². The number of anilines is 2. The Hall–Kier alpha value is -2.48. The summed E-state index contributed by atoms with van der Waals surface area (Å²) in [5.41, 5.74) is 1.43. The second-order valence-electron chi connectivity index (χ2n) is 5.65. The molecule has 24 heavy (non-hydrogen) atoms. The fraction of sp³-hybridized carbons (Fsp3) is 0.400. The van der Waals surface area contributed by atoms with Crippen LogP contribution in [-0.4, -0.2) is 60.8 Å². The van der Waals surface area contributed by atoms with Crippen LogP contribution in [0.4, 0.5) is 21.0 Å². The first kappa shape index (κ1) is 16.4. The van der Waals surface area contributed by atoms with Gasteiger partial charge in [0.2, 0.25) is 5.91 Å². The largest absolute Gasteiger partial charge is 0.465 e. The predicted octanol–water partition coefficient (Wildman–Crippen LogP) is 1.59. The van der Waals surface area contributed by atoms with Crippen LogP contribution in [0.3, 0.4) is 0 Å². The quantitative estimate of drug-likeness (QED) is 0.843. The molecule has 0 unspecified atom stereocenters. The molecule has 9 heteroatoms. The van der Waals surface area contributed by atoms with Crippen molar-refractivity contribution < 1.29 is 19.5 Å². The molecule has 0 radical (unpaired) electrons. The number of carbonyl (C=O) groups is 3. The molecule has 128 valence electrons. The molecule has 0 saturated carbocycles. The van der Waals surface area contributed by atoms with Crippen LogP contribution in [0.5, 0.6) is 0 Å². The van der Waals surface area contributed by atoms with E-state index in [2.05, 4.69) is 10.2 Å². The maximum atomic E-state index is 11.9. The summed E-state index contributed by atoms with van der Waals surface area (Å²) in [4.78, 5) is 38.9. The zero-order valence-corrected chi connectivity index (χ0v) is 13.6. The van der Waals surface area contributed by atoms with E-state index in [-0.39, 0.29) is 12.3 Å². The van der Waals surface area contributed by atoms with Gasteiger partial charge in [-0.2, -0.15) is 0 Å². The van der Waals surface area contributed by atoms with Crippen molar-refractivity contribution in [2.24, 2.45) is 0 Å². The van der Waals surface area contributed by atoms with E-state index in [1.54, 1.807) is 12.1 Å². The van der Waals surface area contributed by atoms with E-state index in [1.807, 2.05) is 6.07 Å². The van der Waals surface area contributed by atoms with Gasteiger partial charge in [-0.25, -0.2) is 9.59 Å². The van der Waals surface area contributed by atoms with E-state index in [0.717, 1.165) is 5.69 Å². The molecule has 2 fully saturated rings. The van der Waals surface area contributed by atoms with Crippen molar-refractivity contribution in [3.8, 4) is 0 Å². The molecule has 0 bridgehead atoms. The number of benzene rings is 1. The van der Waals surface area contributed by atoms with Gasteiger partial charge in [0.15, 0.2) is 0 Å². The molecule has 0 aromatic heterocycles. The number of imide groups is 1. The maximum absolute atomic E-state index is 11.9. The van der Waals surface area contributed by atoms with Gasteiger partial charge >= 0.3 is 12.1 Å². The monoisotopic (exact) mass is 352 g/mol. The number of urea groups is 1. The molecule has 2 aliphatic heterocycles. The number of nitrogens with zero attached hydrogens (tertiary/aromatic N) is 3. The van der Waals surface area contributed by atoms with Gasteiger partial charge < -0.3 is 14.9 Å². The predicted molar refractivity (Wildman–Crippen MR) is 88.8 cm³/mol. The molecular formula is C15H17ClN4O4. The van der Waals surface area contributed by atoms with Gasteiger partial charge in [-0.15, -0.1) is 0 Å². The minimum absolute atomic E-state index is 0.237. The summed E-state index contributed by atoms with van der Waals surface area (Å²) in [6.07, 6.45) is -0.672. The minimum atomic E-state index is -0.909. The number of piperazine rings is 1. The van der Waals surface area contributed by atoms with Crippen LogP contribution in [0.1, 0.15) is 6.42 Å². The molecule has 2 N–H and O–H groups in total. The van der Waals surface area contributed by atoms with Gasteiger partial charge in [0.1, 0.15) is 0 Å². The van der Waals surface area contributed by atoms with Crippen molar-refractivity contribution >= 4 is 41.0 Å². The fourth-order valence-corrected chi connectivity index (χ4v) is 3.14. The SMILES string of the molecule is O=C1CCN(c2ccc(N3CCN(C(=O)O)CC3)cc2Cl)C(=O)N1. The molecule has 3 rings (SSSR count). The summed E-state index contributed by atoms with van der Waals surface area (Å²) < 4.78 is 0. The van der Waals surface area contributed by atoms with Crippen molar-refractivity contribution in [1.82, 2.24) is 10.2 Å². The Labute approximate surface area is 143 Å². The standard InChI is InChI=1S/C15H17ClN4O4/c16-11-9-10(18-5-7-19(8-6-18)15(23)24)1-2-12(11)20-4-3-13(21)17-14(20)22/h1-2,9H,3-8H2,(H,23,24)(H,17,21,22). The lowest BCUT2D eigenvalue weighted by Crippen LogP contribution is -2.49. The van der Waals surface area contributed by atoms with Crippen molar-refractivity contribution in [2.75, 3.05) is 42.5 Å². The Morgan fingerprint density at radius 1 is 1.12 bits per heavy atom. The van der Waals surface area contributed by atoms with Crippen molar-refractivity contribution in [2.45, 2.75) is 6.42 Å². The minimum Gasteiger partial charge on any atom is -0.465 e. The lowest BCUT2D eigenvalue weighted by Gasteiger charge is -2.35. The fourth-order valence-electron chi connectivity index (χ4n) is 2.86. The molecule has 2 saturated heterocycles. The molecule has 0 atom stereocenters. The molecule has 0 aliphatic carbocycles. The highest BCUT2D eigenvalue weighted by Gasteiger charge is 2.26. The third-order valence-electron chi connectivity index (χ3n) is 4.19. The Bertz CT molecular complexity index is 688. The average Bonchev–Trinajstić information content (AvgIpc) is 2.55. The second-order valence-corrected chi connectivity index (χ2v) is 6.05. The first-order valence-electron chi connectivity index (χ1n) is 7.59. The Morgan fingerprint density at radius 3 is 2.42 bits per heavy atom. The van der Waals surface area contributed by atoms with E-state index in [4.69, 9.17) is 16.7 Å². The number of carbonyl (C=O) groups excluding carboxylic acids is 2. The first-order valence-corrected chi connectivity index (χ1v) is 7.97. The summed E-state index contributed by atoms with van der Waals surface area (Å²) in [6, 6.07) is 4.88. The highest BCUT2D eigenvalue weighted by atomic mass is 35.5. The van der Waals surface area contributed by atoms with Gasteiger partial charge in [-0.05, 0) is 18.2 Å². The van der Waals surface area contributed by atoms with E-state index in [9.17, 15) is 14.4 Å². The number of rotatable bonds is 2. The van der Waals surface area contributed by atoms with Crippen LogP contribution in [0.2, 0.25) is 5.02 Å². The Morgan fingerprint density at radius 2 is 1.83 bits per heavy atom. The van der Waals surface area contributed by atoms with E-state index in [0.29, 0.717) is 43.4 Å². The molecule has 4 amide bonds. The summed E-state index contributed by atoms with van der Waals surface area (Å²) >= 11 is 6.32. The number of halogens is 1. The van der Waals surface area contributed by atoms with Crippen LogP contribution >= 0.6 is 11.6 Å². The topological polar surface area (TPSA) is 93.2 Å². The number of hydrogen-bond acceptors (Lipinski definition) is 4. The molecular weight excluding hydrogens is 336 g/mol. The molecule has 1 aromatic carbocycles. The summed E-state index contributed by atoms with van der Waals surface area (Å²) in [5, 5.41) is 11.7.